The van der Waals surface area contributed by atoms with Crippen LogP contribution >= 0.6 is 0 Å². The van der Waals surface area contributed by atoms with Gasteiger partial charge in [-0.15, -0.1) is 0 Å². The number of allylic oxidation sites excluding steroid dienone is 1. The summed E-state index contributed by atoms with van der Waals surface area (Å²) in [7, 11) is -0.221. The smallest absolute Gasteiger partial charge is 0.346 e. The van der Waals surface area contributed by atoms with E-state index in [0.717, 1.165) is 6.42 Å². The highest BCUT2D eigenvalue weighted by molar-refractivity contribution is 7.90. The van der Waals surface area contributed by atoms with Crippen LogP contribution in [0.3, 0.4) is 0 Å². The number of methoxy groups -OCH3 is 1. The Kier molecular flexibility index (Phi) is 6.10. The first kappa shape index (κ1) is 16.2. The molecule has 0 heterocycles. The minimum atomic E-state index is -1.52. The third-order valence-corrected chi connectivity index (χ3v) is 4.58. The van der Waals surface area contributed by atoms with E-state index < -0.39 is 16.8 Å². The Balaban J connectivity index is 2.14. The lowest BCUT2D eigenvalue weighted by atomic mass is 10.1. The van der Waals surface area contributed by atoms with Gasteiger partial charge in [-0.2, -0.15) is 0 Å². The molecule has 22 heavy (non-hydrogen) atoms. The first-order valence-corrected chi connectivity index (χ1v) is 8.16. The summed E-state index contributed by atoms with van der Waals surface area (Å²) >= 11 is 0. The van der Waals surface area contributed by atoms with Crippen molar-refractivity contribution in [3.8, 4) is 0 Å². The topological polar surface area (TPSA) is 43.4 Å². The molecule has 4 heteroatoms. The number of hydrogen-bond donors (Lipinski definition) is 0. The van der Waals surface area contributed by atoms with Gasteiger partial charge in [0, 0.05) is 4.90 Å². The van der Waals surface area contributed by atoms with E-state index in [0.29, 0.717) is 11.3 Å². The fourth-order valence-electron chi connectivity index (χ4n) is 2.02. The highest BCUT2D eigenvalue weighted by Crippen LogP contribution is 2.17. The molecule has 0 N–H and O–H groups in total. The van der Waals surface area contributed by atoms with Gasteiger partial charge >= 0.3 is 5.97 Å². The average Bonchev–Trinajstić information content (AvgIpc) is 2.59. The van der Waals surface area contributed by atoms with Crippen molar-refractivity contribution >= 4 is 16.8 Å². The number of rotatable bonds is 6. The van der Waals surface area contributed by atoms with Crippen molar-refractivity contribution in [1.82, 2.24) is 0 Å². The zero-order valence-electron chi connectivity index (χ0n) is 12.4. The van der Waals surface area contributed by atoms with Gasteiger partial charge in [-0.3, -0.25) is 0 Å². The molecule has 2 aromatic carbocycles. The summed E-state index contributed by atoms with van der Waals surface area (Å²) in [6, 6.07) is 18.9. The predicted octanol–water partition coefficient (Wildman–Crippen LogP) is 3.48. The summed E-state index contributed by atoms with van der Waals surface area (Å²) in [5, 5.41) is 0. The summed E-state index contributed by atoms with van der Waals surface area (Å²) in [5.74, 6) is -0.546. The molecule has 0 aliphatic carbocycles. The molecule has 114 valence electrons. The van der Waals surface area contributed by atoms with Crippen molar-refractivity contribution in [2.45, 2.75) is 17.7 Å². The van der Waals surface area contributed by atoms with Crippen LogP contribution in [0.1, 0.15) is 12.0 Å². The second kappa shape index (κ2) is 8.29. The zero-order chi connectivity index (χ0) is 15.8. The maximum absolute atomic E-state index is 12.5. The van der Waals surface area contributed by atoms with Crippen molar-refractivity contribution in [2.75, 3.05) is 7.11 Å². The standard InChI is InChI=1S/C18H18O3S/c1-21-18(19)17(22(20)16-12-6-3-7-13-16)14-8-11-15-9-4-2-5-10-15/h2-7,9-10,12-14H,8,11H2,1H3. The summed E-state index contributed by atoms with van der Waals surface area (Å²) in [6.07, 6.45) is 3.13. The highest BCUT2D eigenvalue weighted by atomic mass is 32.2. The molecule has 2 aromatic rings. The fourth-order valence-corrected chi connectivity index (χ4v) is 3.18. The average molecular weight is 314 g/mol. The van der Waals surface area contributed by atoms with E-state index >= 15 is 0 Å². The minimum Gasteiger partial charge on any atom is -0.465 e. The first-order valence-electron chi connectivity index (χ1n) is 7.01. The summed E-state index contributed by atoms with van der Waals surface area (Å²) in [4.78, 5) is 12.7. The predicted molar refractivity (Wildman–Crippen MR) is 87.7 cm³/mol. The number of hydrogen-bond acceptors (Lipinski definition) is 3. The van der Waals surface area contributed by atoms with Crippen molar-refractivity contribution < 1.29 is 13.7 Å². The Morgan fingerprint density at radius 1 is 1.05 bits per heavy atom. The second-order valence-electron chi connectivity index (χ2n) is 4.67. The number of esters is 1. The monoisotopic (exact) mass is 314 g/mol. The van der Waals surface area contributed by atoms with Crippen LogP contribution in [0, 0.1) is 0 Å². The van der Waals surface area contributed by atoms with Gasteiger partial charge in [-0.05, 0) is 30.5 Å². The van der Waals surface area contributed by atoms with Crippen LogP contribution in [0.5, 0.6) is 0 Å². The molecule has 1 atom stereocenters. The molecule has 0 fully saturated rings. The number of aryl methyl sites for hydroxylation is 1. The summed E-state index contributed by atoms with van der Waals surface area (Å²) < 4.78 is 17.3. The van der Waals surface area contributed by atoms with Crippen LogP contribution in [0.15, 0.2) is 76.5 Å². The third kappa shape index (κ3) is 4.40. The van der Waals surface area contributed by atoms with Crippen molar-refractivity contribution in [3.63, 3.8) is 0 Å². The fraction of sp³-hybridized carbons (Fsp3) is 0.167. The Morgan fingerprint density at radius 2 is 1.64 bits per heavy atom. The van der Waals surface area contributed by atoms with E-state index in [2.05, 4.69) is 0 Å². The van der Waals surface area contributed by atoms with Gasteiger partial charge < -0.3 is 4.74 Å². The maximum atomic E-state index is 12.5. The van der Waals surface area contributed by atoms with Crippen LogP contribution in [0.25, 0.3) is 0 Å². The summed E-state index contributed by atoms with van der Waals surface area (Å²) in [5.41, 5.74) is 1.17. The van der Waals surface area contributed by atoms with E-state index in [1.807, 2.05) is 36.4 Å². The maximum Gasteiger partial charge on any atom is 0.346 e. The highest BCUT2D eigenvalue weighted by Gasteiger charge is 2.18. The molecule has 3 nitrogen and oxygen atoms in total. The molecule has 0 bridgehead atoms. The van der Waals surface area contributed by atoms with E-state index in [9.17, 15) is 9.00 Å². The first-order chi connectivity index (χ1) is 10.7. The molecule has 1 unspecified atom stereocenters. The Bertz CT molecular complexity index is 663. The summed E-state index contributed by atoms with van der Waals surface area (Å²) in [6.45, 7) is 0. The van der Waals surface area contributed by atoms with E-state index in [-0.39, 0.29) is 4.91 Å². The van der Waals surface area contributed by atoms with Crippen LogP contribution in [0.2, 0.25) is 0 Å². The molecular weight excluding hydrogens is 296 g/mol. The van der Waals surface area contributed by atoms with Crippen LogP contribution in [0.4, 0.5) is 0 Å². The lowest BCUT2D eigenvalue weighted by Crippen LogP contribution is -2.10. The van der Waals surface area contributed by atoms with Gasteiger partial charge in [-0.1, -0.05) is 54.6 Å². The van der Waals surface area contributed by atoms with Gasteiger partial charge in [0.15, 0.2) is 0 Å². The second-order valence-corrected chi connectivity index (χ2v) is 6.11. The minimum absolute atomic E-state index is 0.199. The van der Waals surface area contributed by atoms with Gasteiger partial charge in [0.2, 0.25) is 0 Å². The van der Waals surface area contributed by atoms with Crippen molar-refractivity contribution in [1.29, 1.82) is 0 Å². The lowest BCUT2D eigenvalue weighted by Gasteiger charge is -2.06. The van der Waals surface area contributed by atoms with Crippen molar-refractivity contribution in [3.05, 3.63) is 77.2 Å². The van der Waals surface area contributed by atoms with E-state index in [1.54, 1.807) is 30.3 Å². The third-order valence-electron chi connectivity index (χ3n) is 3.15. The molecule has 0 radical (unpaired) electrons. The largest absolute Gasteiger partial charge is 0.465 e. The quantitative estimate of drug-likeness (QED) is 0.605. The molecular formula is C18H18O3S. The van der Waals surface area contributed by atoms with Gasteiger partial charge in [0.25, 0.3) is 0 Å². The van der Waals surface area contributed by atoms with E-state index in [1.165, 1.54) is 12.7 Å². The van der Waals surface area contributed by atoms with Crippen LogP contribution < -0.4 is 0 Å². The van der Waals surface area contributed by atoms with Gasteiger partial charge in [0.1, 0.15) is 4.91 Å². The lowest BCUT2D eigenvalue weighted by molar-refractivity contribution is -0.135. The van der Waals surface area contributed by atoms with Gasteiger partial charge in [-0.25, -0.2) is 9.00 Å². The SMILES string of the molecule is COC(=O)C(=CCCc1ccccc1)S(=O)c1ccccc1. The molecule has 0 saturated heterocycles. The van der Waals surface area contributed by atoms with Crippen LogP contribution in [-0.2, 0) is 26.8 Å². The number of ether oxygens (including phenoxy) is 1. The van der Waals surface area contributed by atoms with E-state index in [4.69, 9.17) is 4.74 Å². The zero-order valence-corrected chi connectivity index (χ0v) is 13.2. The molecule has 0 aliphatic rings. The van der Waals surface area contributed by atoms with Crippen LogP contribution in [-0.4, -0.2) is 17.3 Å². The van der Waals surface area contributed by atoms with Gasteiger partial charge in [0.05, 0.1) is 17.9 Å². The molecule has 0 amide bonds. The molecule has 0 saturated carbocycles. The molecule has 0 aliphatic heterocycles. The Morgan fingerprint density at radius 3 is 2.23 bits per heavy atom. The molecule has 2 rings (SSSR count). The molecule has 0 aromatic heterocycles. The number of carbonyl (C=O) groups is 1. The van der Waals surface area contributed by atoms with Crippen molar-refractivity contribution in [2.24, 2.45) is 0 Å². The number of carbonyl (C=O) groups excluding carboxylic acids is 1. The molecule has 0 spiro atoms. The Hall–Kier alpha value is -2.20. The number of benzene rings is 2. The normalized spacial score (nSPS) is 12.7. The Labute approximate surface area is 133 Å².